The number of nitrogens with one attached hydrogen (secondary N) is 2. The van der Waals surface area contributed by atoms with E-state index in [0.29, 0.717) is 12.1 Å². The lowest BCUT2D eigenvalue weighted by molar-refractivity contribution is 0.0954. The van der Waals surface area contributed by atoms with Gasteiger partial charge in [0.15, 0.2) is 0 Å². The minimum atomic E-state index is -3.61. The van der Waals surface area contributed by atoms with E-state index in [2.05, 4.69) is 30.8 Å². The van der Waals surface area contributed by atoms with Crippen LogP contribution >= 0.6 is 11.3 Å². The van der Waals surface area contributed by atoms with Crippen LogP contribution in [0.2, 0.25) is 0 Å². The van der Waals surface area contributed by atoms with Crippen LogP contribution in [0.15, 0.2) is 70.9 Å². The van der Waals surface area contributed by atoms with Gasteiger partial charge >= 0.3 is 0 Å². The largest absolute Gasteiger partial charge is 0.352 e. The highest BCUT2D eigenvalue weighted by Crippen LogP contribution is 2.23. The Morgan fingerprint density at radius 2 is 1.65 bits per heavy atom. The van der Waals surface area contributed by atoms with Crippen molar-refractivity contribution in [2.75, 3.05) is 6.54 Å². The third kappa shape index (κ3) is 6.50. The number of hydrogen-bond acceptors (Lipinski definition) is 4. The topological polar surface area (TPSA) is 75.3 Å². The summed E-state index contributed by atoms with van der Waals surface area (Å²) in [7, 11) is -3.61. The van der Waals surface area contributed by atoms with E-state index in [4.69, 9.17) is 0 Å². The summed E-state index contributed by atoms with van der Waals surface area (Å²) in [5, 5.41) is 4.92. The summed E-state index contributed by atoms with van der Waals surface area (Å²) in [4.78, 5) is 13.7. The van der Waals surface area contributed by atoms with Gasteiger partial charge in [0.1, 0.15) is 0 Å². The maximum Gasteiger partial charge on any atom is 0.251 e. The van der Waals surface area contributed by atoms with Crippen molar-refractivity contribution in [3.05, 3.63) is 87.6 Å². The van der Waals surface area contributed by atoms with Crippen LogP contribution in [0.5, 0.6) is 0 Å². The second-order valence-electron chi connectivity index (χ2n) is 8.38. The molecule has 0 aliphatic heterocycles. The molecule has 0 radical (unpaired) electrons. The number of benzene rings is 2. The first-order valence-corrected chi connectivity index (χ1v) is 12.5. The molecule has 0 spiro atoms. The Labute approximate surface area is 188 Å². The Bertz CT molecular complexity index is 1100. The van der Waals surface area contributed by atoms with E-state index in [1.807, 2.05) is 29.6 Å². The SMILES string of the molecule is CC(C)(C)c1ccc(S(=O)(=O)NCc2ccc(C(=O)NCCc3cccs3)cc2)cc1. The van der Waals surface area contributed by atoms with Crippen LogP contribution in [-0.2, 0) is 28.4 Å². The van der Waals surface area contributed by atoms with Crippen molar-refractivity contribution >= 4 is 27.3 Å². The Morgan fingerprint density at radius 1 is 0.968 bits per heavy atom. The van der Waals surface area contributed by atoms with Gasteiger partial charge in [0.25, 0.3) is 5.91 Å². The van der Waals surface area contributed by atoms with Gasteiger partial charge in [0, 0.05) is 23.5 Å². The molecule has 0 saturated carbocycles. The summed E-state index contributed by atoms with van der Waals surface area (Å²) < 4.78 is 27.8. The average molecular weight is 457 g/mol. The van der Waals surface area contributed by atoms with Crippen molar-refractivity contribution in [2.45, 2.75) is 44.0 Å². The molecule has 0 bridgehead atoms. The first-order valence-electron chi connectivity index (χ1n) is 10.1. The zero-order valence-electron chi connectivity index (χ0n) is 18.0. The summed E-state index contributed by atoms with van der Waals surface area (Å²) in [6.45, 7) is 6.99. The zero-order valence-corrected chi connectivity index (χ0v) is 19.6. The molecule has 1 amide bonds. The van der Waals surface area contributed by atoms with Crippen molar-refractivity contribution in [1.82, 2.24) is 10.0 Å². The Hall–Kier alpha value is -2.48. The summed E-state index contributed by atoms with van der Waals surface area (Å²) in [5.74, 6) is -0.136. The molecule has 1 aromatic heterocycles. The number of sulfonamides is 1. The number of hydrogen-bond donors (Lipinski definition) is 2. The third-order valence-corrected chi connectivity index (χ3v) is 7.30. The first-order chi connectivity index (χ1) is 14.6. The van der Waals surface area contributed by atoms with Gasteiger partial charge in [-0.05, 0) is 58.7 Å². The lowest BCUT2D eigenvalue weighted by atomic mass is 9.87. The predicted octanol–water partition coefficient (Wildman–Crippen LogP) is 4.50. The molecule has 2 N–H and O–H groups in total. The van der Waals surface area contributed by atoms with Crippen LogP contribution in [0.25, 0.3) is 0 Å². The van der Waals surface area contributed by atoms with Crippen molar-refractivity contribution < 1.29 is 13.2 Å². The fourth-order valence-corrected chi connectivity index (χ4v) is 4.75. The highest BCUT2D eigenvalue weighted by atomic mass is 32.2. The van der Waals surface area contributed by atoms with Gasteiger partial charge in [-0.25, -0.2) is 13.1 Å². The molecular weight excluding hydrogens is 428 g/mol. The van der Waals surface area contributed by atoms with Crippen LogP contribution in [0, 0.1) is 0 Å². The second kappa shape index (κ2) is 9.77. The standard InChI is InChI=1S/C24H28N2O3S2/c1-24(2,3)20-10-12-22(13-11-20)31(28,29)26-17-18-6-8-19(9-7-18)23(27)25-15-14-21-5-4-16-30-21/h4-13,16,26H,14-15,17H2,1-3H3,(H,25,27). The maximum absolute atomic E-state index is 12.6. The van der Waals surface area contributed by atoms with Gasteiger partial charge in [-0.15, -0.1) is 11.3 Å². The molecule has 0 unspecified atom stereocenters. The van der Waals surface area contributed by atoms with E-state index in [1.54, 1.807) is 47.7 Å². The lowest BCUT2D eigenvalue weighted by Gasteiger charge is -2.19. The van der Waals surface area contributed by atoms with Gasteiger partial charge in [0.05, 0.1) is 4.90 Å². The van der Waals surface area contributed by atoms with E-state index < -0.39 is 10.0 Å². The molecule has 0 fully saturated rings. The molecule has 5 nitrogen and oxygen atoms in total. The first kappa shape index (κ1) is 23.2. The second-order valence-corrected chi connectivity index (χ2v) is 11.2. The molecule has 3 aromatic rings. The minimum Gasteiger partial charge on any atom is -0.352 e. The normalized spacial score (nSPS) is 12.0. The Morgan fingerprint density at radius 3 is 2.23 bits per heavy atom. The van der Waals surface area contributed by atoms with Crippen LogP contribution in [0.4, 0.5) is 0 Å². The maximum atomic E-state index is 12.6. The zero-order chi connectivity index (χ0) is 22.5. The summed E-state index contributed by atoms with van der Waals surface area (Å²) in [6.07, 6.45) is 0.806. The summed E-state index contributed by atoms with van der Waals surface area (Å²) >= 11 is 1.67. The highest BCUT2D eigenvalue weighted by molar-refractivity contribution is 7.89. The van der Waals surface area contributed by atoms with Crippen molar-refractivity contribution in [1.29, 1.82) is 0 Å². The average Bonchev–Trinajstić information content (AvgIpc) is 3.26. The summed E-state index contributed by atoms with van der Waals surface area (Å²) in [6, 6.07) is 17.9. The molecule has 0 saturated heterocycles. The quantitative estimate of drug-likeness (QED) is 0.524. The van der Waals surface area contributed by atoms with E-state index in [9.17, 15) is 13.2 Å². The van der Waals surface area contributed by atoms with Crippen LogP contribution in [-0.4, -0.2) is 20.9 Å². The minimum absolute atomic E-state index is 0.0340. The monoisotopic (exact) mass is 456 g/mol. The molecule has 7 heteroatoms. The molecule has 0 atom stereocenters. The number of carbonyl (C=O) groups excluding carboxylic acids is 1. The van der Waals surface area contributed by atoms with E-state index >= 15 is 0 Å². The van der Waals surface area contributed by atoms with Crippen LogP contribution in [0.3, 0.4) is 0 Å². The molecule has 2 aromatic carbocycles. The molecule has 0 aliphatic carbocycles. The number of rotatable bonds is 8. The number of thiophene rings is 1. The smallest absolute Gasteiger partial charge is 0.251 e. The molecular formula is C24H28N2O3S2. The molecule has 1 heterocycles. The Kier molecular flexibility index (Phi) is 7.30. The van der Waals surface area contributed by atoms with E-state index in [1.165, 1.54) is 4.88 Å². The van der Waals surface area contributed by atoms with Crippen molar-refractivity contribution in [2.24, 2.45) is 0 Å². The molecule has 164 valence electrons. The summed E-state index contributed by atoms with van der Waals surface area (Å²) in [5.41, 5.74) is 2.38. The molecule has 31 heavy (non-hydrogen) atoms. The lowest BCUT2D eigenvalue weighted by Crippen LogP contribution is -2.26. The predicted molar refractivity (Wildman–Crippen MR) is 126 cm³/mol. The van der Waals surface area contributed by atoms with E-state index in [-0.39, 0.29) is 22.8 Å². The van der Waals surface area contributed by atoms with Gasteiger partial charge in [-0.3, -0.25) is 4.79 Å². The van der Waals surface area contributed by atoms with Crippen LogP contribution < -0.4 is 10.0 Å². The highest BCUT2D eigenvalue weighted by Gasteiger charge is 2.17. The van der Waals surface area contributed by atoms with Crippen LogP contribution in [0.1, 0.15) is 47.1 Å². The van der Waals surface area contributed by atoms with Gasteiger partial charge in [-0.1, -0.05) is 51.1 Å². The fourth-order valence-electron chi connectivity index (χ4n) is 3.03. The number of amides is 1. The van der Waals surface area contributed by atoms with E-state index in [0.717, 1.165) is 17.5 Å². The molecule has 3 rings (SSSR count). The Balaban J connectivity index is 1.53. The van der Waals surface area contributed by atoms with Gasteiger partial charge < -0.3 is 5.32 Å². The molecule has 0 aliphatic rings. The third-order valence-electron chi connectivity index (χ3n) is 4.95. The fraction of sp³-hybridized carbons (Fsp3) is 0.292. The number of carbonyl (C=O) groups is 1. The van der Waals surface area contributed by atoms with Crippen molar-refractivity contribution in [3.63, 3.8) is 0 Å². The van der Waals surface area contributed by atoms with Gasteiger partial charge in [-0.2, -0.15) is 0 Å². The van der Waals surface area contributed by atoms with Gasteiger partial charge in [0.2, 0.25) is 10.0 Å². The van der Waals surface area contributed by atoms with Crippen molar-refractivity contribution in [3.8, 4) is 0 Å².